The lowest BCUT2D eigenvalue weighted by molar-refractivity contribution is -0.185. The Balaban J connectivity index is 2.40. The number of piperidine rings is 1. The Morgan fingerprint density at radius 2 is 1.75 bits per heavy atom. The van der Waals surface area contributed by atoms with Crippen LogP contribution in [0.5, 0.6) is 0 Å². The zero-order valence-corrected chi connectivity index (χ0v) is 13.0. The van der Waals surface area contributed by atoms with Crippen LogP contribution in [0.3, 0.4) is 0 Å². The Kier molecular flexibility index (Phi) is 6.79. The molecule has 1 unspecified atom stereocenters. The Bertz CT molecular complexity index is 273. The van der Waals surface area contributed by atoms with Crippen molar-refractivity contribution in [2.75, 3.05) is 32.7 Å². The van der Waals surface area contributed by atoms with Crippen molar-refractivity contribution in [1.29, 1.82) is 0 Å². The first-order valence-corrected chi connectivity index (χ1v) is 7.80. The van der Waals surface area contributed by atoms with E-state index in [1.807, 2.05) is 0 Å². The van der Waals surface area contributed by atoms with Crippen molar-refractivity contribution in [3.05, 3.63) is 0 Å². The number of alkyl halides is 3. The predicted molar refractivity (Wildman–Crippen MR) is 76.8 cm³/mol. The van der Waals surface area contributed by atoms with Crippen LogP contribution in [-0.4, -0.2) is 43.8 Å². The van der Waals surface area contributed by atoms with Gasteiger partial charge in [0.05, 0.1) is 5.92 Å². The molecule has 120 valence electrons. The molecule has 20 heavy (non-hydrogen) atoms. The van der Waals surface area contributed by atoms with Gasteiger partial charge in [0.25, 0.3) is 0 Å². The SMILES string of the molecule is CCCNCC(C)(CC)CN1CCC(C(F)(F)F)CC1. The van der Waals surface area contributed by atoms with Gasteiger partial charge in [-0.3, -0.25) is 0 Å². The van der Waals surface area contributed by atoms with Gasteiger partial charge in [0.2, 0.25) is 0 Å². The van der Waals surface area contributed by atoms with E-state index >= 15 is 0 Å². The van der Waals surface area contributed by atoms with E-state index in [4.69, 9.17) is 0 Å². The van der Waals surface area contributed by atoms with Gasteiger partial charge in [0.15, 0.2) is 0 Å². The number of halogens is 3. The van der Waals surface area contributed by atoms with Crippen LogP contribution < -0.4 is 5.32 Å². The molecule has 0 spiro atoms. The van der Waals surface area contributed by atoms with Crippen molar-refractivity contribution < 1.29 is 13.2 Å². The van der Waals surface area contributed by atoms with Gasteiger partial charge in [-0.15, -0.1) is 0 Å². The number of nitrogens with zero attached hydrogens (tertiary/aromatic N) is 1. The summed E-state index contributed by atoms with van der Waals surface area (Å²) >= 11 is 0. The Labute approximate surface area is 121 Å². The second-order valence-electron chi connectivity index (χ2n) is 6.43. The molecule has 1 heterocycles. The van der Waals surface area contributed by atoms with E-state index in [0.29, 0.717) is 13.1 Å². The summed E-state index contributed by atoms with van der Waals surface area (Å²) in [6, 6.07) is 0. The molecule has 1 aliphatic rings. The van der Waals surface area contributed by atoms with Crippen molar-refractivity contribution in [3.8, 4) is 0 Å². The third-order valence-corrected chi connectivity index (χ3v) is 4.49. The molecule has 0 aromatic rings. The molecule has 0 aromatic carbocycles. The van der Waals surface area contributed by atoms with Crippen molar-refractivity contribution in [2.24, 2.45) is 11.3 Å². The van der Waals surface area contributed by atoms with Crippen LogP contribution >= 0.6 is 0 Å². The van der Waals surface area contributed by atoms with Gasteiger partial charge in [0.1, 0.15) is 0 Å². The van der Waals surface area contributed by atoms with E-state index in [0.717, 1.165) is 32.5 Å². The number of nitrogens with one attached hydrogen (secondary N) is 1. The van der Waals surface area contributed by atoms with Crippen molar-refractivity contribution >= 4 is 0 Å². The molecular weight excluding hydrogens is 265 g/mol. The number of hydrogen-bond acceptors (Lipinski definition) is 2. The Hall–Kier alpha value is -0.290. The fraction of sp³-hybridized carbons (Fsp3) is 1.00. The van der Waals surface area contributed by atoms with E-state index in [1.165, 1.54) is 0 Å². The molecule has 0 bridgehead atoms. The lowest BCUT2D eigenvalue weighted by Crippen LogP contribution is -2.46. The number of rotatable bonds is 7. The Morgan fingerprint density at radius 3 is 2.20 bits per heavy atom. The standard InChI is InChI=1S/C15H29F3N2/c1-4-8-19-11-14(3,5-2)12-20-9-6-13(7-10-20)15(16,17)18/h13,19H,4-12H2,1-3H3. The summed E-state index contributed by atoms with van der Waals surface area (Å²) in [4.78, 5) is 2.21. The molecule has 0 aromatic heterocycles. The van der Waals surface area contributed by atoms with Crippen LogP contribution in [0.4, 0.5) is 13.2 Å². The van der Waals surface area contributed by atoms with Crippen molar-refractivity contribution in [3.63, 3.8) is 0 Å². The third kappa shape index (κ3) is 5.60. The molecule has 0 saturated carbocycles. The predicted octanol–water partition coefficient (Wildman–Crippen LogP) is 3.68. The van der Waals surface area contributed by atoms with Crippen LogP contribution in [0, 0.1) is 11.3 Å². The summed E-state index contributed by atoms with van der Waals surface area (Å²) < 4.78 is 37.9. The summed E-state index contributed by atoms with van der Waals surface area (Å²) in [5.74, 6) is -1.09. The summed E-state index contributed by atoms with van der Waals surface area (Å²) in [5, 5.41) is 3.44. The zero-order chi connectivity index (χ0) is 15.2. The summed E-state index contributed by atoms with van der Waals surface area (Å²) in [6.45, 7) is 10.5. The third-order valence-electron chi connectivity index (χ3n) is 4.49. The molecule has 0 radical (unpaired) electrons. The average Bonchev–Trinajstić information content (AvgIpc) is 2.38. The fourth-order valence-electron chi connectivity index (χ4n) is 2.82. The maximum absolute atomic E-state index is 12.6. The normalized spacial score (nSPS) is 21.9. The fourth-order valence-corrected chi connectivity index (χ4v) is 2.82. The Morgan fingerprint density at radius 1 is 1.15 bits per heavy atom. The zero-order valence-electron chi connectivity index (χ0n) is 13.0. The number of likely N-dealkylation sites (tertiary alicyclic amines) is 1. The van der Waals surface area contributed by atoms with Crippen LogP contribution in [0.15, 0.2) is 0 Å². The van der Waals surface area contributed by atoms with Crippen LogP contribution in [-0.2, 0) is 0 Å². The van der Waals surface area contributed by atoms with Gasteiger partial charge in [0, 0.05) is 13.1 Å². The van der Waals surface area contributed by atoms with Gasteiger partial charge < -0.3 is 10.2 Å². The number of hydrogen-bond donors (Lipinski definition) is 1. The summed E-state index contributed by atoms with van der Waals surface area (Å²) in [5.41, 5.74) is 0.153. The van der Waals surface area contributed by atoms with E-state index in [-0.39, 0.29) is 18.3 Å². The second kappa shape index (κ2) is 7.64. The van der Waals surface area contributed by atoms with Gasteiger partial charge in [-0.25, -0.2) is 0 Å². The smallest absolute Gasteiger partial charge is 0.316 e. The molecule has 1 rings (SSSR count). The average molecular weight is 294 g/mol. The van der Waals surface area contributed by atoms with E-state index in [9.17, 15) is 13.2 Å². The van der Waals surface area contributed by atoms with Crippen LogP contribution in [0.1, 0.15) is 46.5 Å². The van der Waals surface area contributed by atoms with Gasteiger partial charge >= 0.3 is 6.18 Å². The minimum atomic E-state index is -4.01. The lowest BCUT2D eigenvalue weighted by atomic mass is 9.85. The molecule has 1 N–H and O–H groups in total. The van der Waals surface area contributed by atoms with E-state index in [1.54, 1.807) is 0 Å². The second-order valence-corrected chi connectivity index (χ2v) is 6.43. The topological polar surface area (TPSA) is 15.3 Å². The first kappa shape index (κ1) is 17.8. The lowest BCUT2D eigenvalue weighted by Gasteiger charge is -2.39. The highest BCUT2D eigenvalue weighted by Gasteiger charge is 2.41. The summed E-state index contributed by atoms with van der Waals surface area (Å²) in [6.07, 6.45) is -1.35. The molecule has 5 heteroatoms. The van der Waals surface area contributed by atoms with E-state index in [2.05, 4.69) is 31.0 Å². The minimum absolute atomic E-state index is 0.153. The molecule has 1 atom stereocenters. The first-order chi connectivity index (χ1) is 9.30. The molecule has 0 aliphatic carbocycles. The maximum Gasteiger partial charge on any atom is 0.391 e. The molecule has 1 saturated heterocycles. The molecule has 1 aliphatic heterocycles. The first-order valence-electron chi connectivity index (χ1n) is 7.80. The minimum Gasteiger partial charge on any atom is -0.316 e. The van der Waals surface area contributed by atoms with Gasteiger partial charge in [-0.1, -0.05) is 20.8 Å². The monoisotopic (exact) mass is 294 g/mol. The highest BCUT2D eigenvalue weighted by Crippen LogP contribution is 2.35. The van der Waals surface area contributed by atoms with E-state index < -0.39 is 12.1 Å². The maximum atomic E-state index is 12.6. The molecule has 2 nitrogen and oxygen atoms in total. The van der Waals surface area contributed by atoms with Crippen molar-refractivity contribution in [1.82, 2.24) is 10.2 Å². The molecule has 0 amide bonds. The molecule has 1 fully saturated rings. The quantitative estimate of drug-likeness (QED) is 0.721. The molecular formula is C15H29F3N2. The van der Waals surface area contributed by atoms with Gasteiger partial charge in [-0.05, 0) is 50.7 Å². The highest BCUT2D eigenvalue weighted by molar-refractivity contribution is 4.83. The highest BCUT2D eigenvalue weighted by atomic mass is 19.4. The van der Waals surface area contributed by atoms with Crippen LogP contribution in [0.2, 0.25) is 0 Å². The van der Waals surface area contributed by atoms with Crippen LogP contribution in [0.25, 0.3) is 0 Å². The van der Waals surface area contributed by atoms with Crippen molar-refractivity contribution in [2.45, 2.75) is 52.6 Å². The van der Waals surface area contributed by atoms with Gasteiger partial charge in [-0.2, -0.15) is 13.2 Å². The largest absolute Gasteiger partial charge is 0.391 e. The summed E-state index contributed by atoms with van der Waals surface area (Å²) in [7, 11) is 0.